The van der Waals surface area contributed by atoms with E-state index in [2.05, 4.69) is 13.8 Å². The first-order chi connectivity index (χ1) is 24.8. The Balaban J connectivity index is 2.45. The van der Waals surface area contributed by atoms with Gasteiger partial charge in [0.15, 0.2) is 0 Å². The molecule has 0 heterocycles. The normalized spacial score (nSPS) is 11.5. The highest BCUT2D eigenvalue weighted by Gasteiger charge is 2.27. The third-order valence-electron chi connectivity index (χ3n) is 10.6. The Morgan fingerprint density at radius 2 is 0.745 bits per heavy atom. The smallest absolute Gasteiger partial charge is 0.342 e. The van der Waals surface area contributed by atoms with Crippen LogP contribution in [0.4, 0.5) is 0 Å². The molecule has 0 saturated heterocycles. The maximum absolute atomic E-state index is 12.5. The van der Waals surface area contributed by atoms with Crippen molar-refractivity contribution >= 4 is 31.7 Å². The van der Waals surface area contributed by atoms with Crippen molar-refractivity contribution in [2.24, 2.45) is 0 Å². The Kier molecular flexibility index (Phi) is 30.8. The Morgan fingerprint density at radius 1 is 0.451 bits per heavy atom. The van der Waals surface area contributed by atoms with Crippen molar-refractivity contribution in [3.8, 4) is 0 Å². The summed E-state index contributed by atoms with van der Waals surface area (Å²) in [6.07, 6.45) is 40.4. The molecule has 1 aromatic rings. The molecule has 0 aromatic heterocycles. The van der Waals surface area contributed by atoms with Crippen LogP contribution in [0.5, 0.6) is 0 Å². The largest absolute Gasteiger partial charge is 0.478 e. The molecule has 0 spiro atoms. The molecular formula is C44H77IO6. The number of benzene rings is 1. The van der Waals surface area contributed by atoms with Crippen LogP contribution in [0, 0.1) is 3.57 Å². The van der Waals surface area contributed by atoms with Crippen LogP contribution in [0.3, 0.4) is 0 Å². The van der Waals surface area contributed by atoms with Crippen molar-refractivity contribution in [2.45, 2.75) is 232 Å². The van der Waals surface area contributed by atoms with Gasteiger partial charge in [0.2, 0.25) is 0 Å². The monoisotopic (exact) mass is 828 g/mol. The number of aryl methyl sites for hydroxylation is 1. The molecule has 0 atom stereocenters. The van der Waals surface area contributed by atoms with Gasteiger partial charge < -0.3 is 10.2 Å². The molecule has 0 unspecified atom stereocenters. The number of carbonyl (C=O) groups is 2. The molecule has 51 heavy (non-hydrogen) atoms. The van der Waals surface area contributed by atoms with E-state index < -0.39 is 31.7 Å². The molecule has 0 aliphatic carbocycles. The average Bonchev–Trinajstić information content (AvgIpc) is 3.10. The van der Waals surface area contributed by atoms with Gasteiger partial charge in [-0.15, -0.1) is 0 Å². The van der Waals surface area contributed by atoms with E-state index in [1.54, 1.807) is 0 Å². The summed E-state index contributed by atoms with van der Waals surface area (Å²) in [5.74, 6) is -2.44. The minimum absolute atomic E-state index is 0.0333. The Bertz CT molecular complexity index is 1100. The molecule has 1 aromatic carbocycles. The summed E-state index contributed by atoms with van der Waals surface area (Å²) in [4.78, 5) is 24.7. The van der Waals surface area contributed by atoms with Crippen molar-refractivity contribution in [3.63, 3.8) is 0 Å². The van der Waals surface area contributed by atoms with E-state index in [0.29, 0.717) is 24.8 Å². The quantitative estimate of drug-likeness (QED) is 0.0511. The summed E-state index contributed by atoms with van der Waals surface area (Å²) >= 11 is -4.26. The van der Waals surface area contributed by atoms with E-state index in [1.807, 2.05) is 0 Å². The summed E-state index contributed by atoms with van der Waals surface area (Å²) in [6.45, 7) is 4.52. The first-order valence-electron chi connectivity index (χ1n) is 21.6. The highest BCUT2D eigenvalue weighted by Crippen LogP contribution is 2.33. The van der Waals surface area contributed by atoms with Gasteiger partial charge in [0, 0.05) is 0 Å². The summed E-state index contributed by atoms with van der Waals surface area (Å²) in [5.41, 5.74) is 0.492. The second-order valence-corrected chi connectivity index (χ2v) is 17.5. The molecule has 2 N–H and O–H groups in total. The van der Waals surface area contributed by atoms with Gasteiger partial charge in [-0.1, -0.05) is 206 Å². The van der Waals surface area contributed by atoms with Gasteiger partial charge in [-0.3, -0.25) is 0 Å². The summed E-state index contributed by atoms with van der Waals surface area (Å²) in [5, 5.41) is 20.1. The lowest BCUT2D eigenvalue weighted by molar-refractivity contribution is 0.0678. The highest BCUT2D eigenvalue weighted by molar-refractivity contribution is 14.2. The van der Waals surface area contributed by atoms with Gasteiger partial charge in [0.05, 0.1) is 14.7 Å². The van der Waals surface area contributed by atoms with E-state index in [4.69, 9.17) is 0 Å². The van der Waals surface area contributed by atoms with Crippen molar-refractivity contribution in [2.75, 3.05) is 0 Å². The number of hydrogen-bond acceptors (Lipinski definition) is 4. The van der Waals surface area contributed by atoms with E-state index in [-0.39, 0.29) is 20.3 Å². The first-order valence-corrected chi connectivity index (χ1v) is 24.4. The number of aromatic carboxylic acids is 2. The van der Waals surface area contributed by atoms with E-state index in [1.165, 1.54) is 160 Å². The minimum atomic E-state index is -4.26. The molecule has 0 amide bonds. The van der Waals surface area contributed by atoms with Gasteiger partial charge in [-0.2, -0.15) is 0 Å². The summed E-state index contributed by atoms with van der Waals surface area (Å²) < 4.78 is 24.6. The Morgan fingerprint density at radius 3 is 1.02 bits per heavy atom. The maximum Gasteiger partial charge on any atom is 0.342 e. The number of halogens is 1. The molecule has 0 saturated carbocycles. The number of hydrogen-bond donors (Lipinski definition) is 2. The average molecular weight is 829 g/mol. The Hall–Kier alpha value is -1.51. The fourth-order valence-corrected chi connectivity index (χ4v) is 9.45. The lowest BCUT2D eigenvalue weighted by Crippen LogP contribution is -2.15. The fraction of sp³-hybridized carbons (Fsp3) is 0.818. The van der Waals surface area contributed by atoms with Crippen LogP contribution in [0.2, 0.25) is 0 Å². The predicted molar refractivity (Wildman–Crippen MR) is 221 cm³/mol. The first kappa shape index (κ1) is 47.5. The van der Waals surface area contributed by atoms with Crippen LogP contribution < -0.4 is 0 Å². The van der Waals surface area contributed by atoms with Gasteiger partial charge in [-0.25, -0.2) is 15.7 Å². The van der Waals surface area contributed by atoms with Gasteiger partial charge in [0.25, 0.3) is 0 Å². The van der Waals surface area contributed by atoms with E-state index in [0.717, 1.165) is 44.9 Å². The van der Waals surface area contributed by atoms with Crippen LogP contribution in [-0.2, 0) is 19.0 Å². The van der Waals surface area contributed by atoms with Crippen LogP contribution >= 0.6 is 19.8 Å². The molecule has 7 heteroatoms. The van der Waals surface area contributed by atoms with Crippen molar-refractivity contribution < 1.29 is 25.9 Å². The van der Waals surface area contributed by atoms with Crippen LogP contribution in [-0.4, -0.2) is 22.2 Å². The fourth-order valence-electron chi connectivity index (χ4n) is 7.52. The standard InChI is InChI=1S/C44H77IO6/c1-3-5-7-9-11-13-15-17-19-21-23-25-27-29-31-33-35-38-37-40(43(46)47)42(45(50)51)39(41(38)44(48)49)36-34-32-30-28-26-24-22-20-18-16-14-12-10-8-6-4-2/h37H,3-36H2,1-2H3,(H,46,47)(H,48,49). The molecular weight excluding hydrogens is 751 g/mol. The molecule has 0 radical (unpaired) electrons. The molecule has 1 rings (SSSR count). The van der Waals surface area contributed by atoms with Crippen LogP contribution in [0.15, 0.2) is 6.07 Å². The second kappa shape index (κ2) is 33.1. The zero-order valence-electron chi connectivity index (χ0n) is 33.0. The third-order valence-corrected chi connectivity index (χ3v) is 12.7. The summed E-state index contributed by atoms with van der Waals surface area (Å²) in [7, 11) is 0. The van der Waals surface area contributed by atoms with Gasteiger partial charge in [-0.05, 0) is 42.9 Å². The molecule has 0 aliphatic heterocycles. The number of rotatable bonds is 37. The molecule has 0 bridgehead atoms. The Labute approximate surface area is 320 Å². The minimum Gasteiger partial charge on any atom is -0.478 e. The third kappa shape index (κ3) is 23.7. The molecule has 6 nitrogen and oxygen atoms in total. The lowest BCUT2D eigenvalue weighted by atomic mass is 9.91. The van der Waals surface area contributed by atoms with Gasteiger partial charge in [0.1, 0.15) is 0 Å². The lowest BCUT2D eigenvalue weighted by Gasteiger charge is -2.16. The molecule has 0 aliphatic rings. The van der Waals surface area contributed by atoms with E-state index in [9.17, 15) is 25.9 Å². The summed E-state index contributed by atoms with van der Waals surface area (Å²) in [6, 6.07) is 1.34. The van der Waals surface area contributed by atoms with Crippen LogP contribution in [0.25, 0.3) is 0 Å². The van der Waals surface area contributed by atoms with Gasteiger partial charge >= 0.3 is 31.7 Å². The second-order valence-electron chi connectivity index (χ2n) is 15.2. The van der Waals surface area contributed by atoms with Crippen LogP contribution in [0.1, 0.15) is 251 Å². The van der Waals surface area contributed by atoms with Crippen molar-refractivity contribution in [3.05, 3.63) is 31.9 Å². The van der Waals surface area contributed by atoms with Crippen molar-refractivity contribution in [1.29, 1.82) is 0 Å². The zero-order chi connectivity index (χ0) is 37.4. The highest BCUT2D eigenvalue weighted by atomic mass is 127. The maximum atomic E-state index is 12.5. The van der Waals surface area contributed by atoms with Crippen molar-refractivity contribution in [1.82, 2.24) is 0 Å². The SMILES string of the molecule is CCCCCCCCCCCCCCCCCCc1cc(C(=O)O)c(I(=O)=O)c(CCCCCCCCCCCCCCCCCC)c1C(=O)O. The molecule has 296 valence electrons. The predicted octanol–water partition coefficient (Wildman–Crippen LogP) is 15.1. The molecule has 0 fully saturated rings. The number of carboxylic acids is 2. The number of carboxylic acid groups (broad SMARTS) is 2. The van der Waals surface area contributed by atoms with E-state index >= 15 is 0 Å². The zero-order valence-corrected chi connectivity index (χ0v) is 35.2. The number of unbranched alkanes of at least 4 members (excludes halogenated alkanes) is 30. The topological polar surface area (TPSA) is 109 Å².